The number of carbonyl (C=O) groups excluding carboxylic acids is 1. The van der Waals surface area contributed by atoms with Crippen LogP contribution in [-0.2, 0) is 9.57 Å². The van der Waals surface area contributed by atoms with E-state index in [4.69, 9.17) is 4.74 Å². The zero-order chi connectivity index (χ0) is 13.5. The topological polar surface area (TPSA) is 77.2 Å². The lowest BCUT2D eigenvalue weighted by Crippen LogP contribution is -2.18. The average molecular weight is 264 g/mol. The van der Waals surface area contributed by atoms with Crippen molar-refractivity contribution in [1.29, 1.82) is 0 Å². The molecule has 0 amide bonds. The molecule has 1 saturated heterocycles. The molecule has 0 saturated carbocycles. The summed E-state index contributed by atoms with van der Waals surface area (Å²) in [5.41, 5.74) is 0.278. The molecule has 101 valence electrons. The van der Waals surface area contributed by atoms with Crippen molar-refractivity contribution in [1.82, 2.24) is 5.01 Å². The Morgan fingerprint density at radius 3 is 2.95 bits per heavy atom. The lowest BCUT2D eigenvalue weighted by molar-refractivity contribution is -0.805. The number of hydrogen-bond donors (Lipinski definition) is 0. The summed E-state index contributed by atoms with van der Waals surface area (Å²) in [6.07, 6.45) is 2.02. The quantitative estimate of drug-likeness (QED) is 0.348. The van der Waals surface area contributed by atoms with Crippen LogP contribution in [0.1, 0.15) is 23.2 Å². The third-order valence-corrected chi connectivity index (χ3v) is 2.56. The van der Waals surface area contributed by atoms with Gasteiger partial charge in [0.15, 0.2) is 6.79 Å². The van der Waals surface area contributed by atoms with Gasteiger partial charge in [0, 0.05) is 0 Å². The molecule has 0 spiro atoms. The van der Waals surface area contributed by atoms with Gasteiger partial charge >= 0.3 is 5.97 Å². The summed E-state index contributed by atoms with van der Waals surface area (Å²) in [6.45, 7) is 0.990. The van der Waals surface area contributed by atoms with Crippen molar-refractivity contribution in [2.24, 2.45) is 5.22 Å². The van der Waals surface area contributed by atoms with Crippen LogP contribution in [-0.4, -0.2) is 35.9 Å². The lowest BCUT2D eigenvalue weighted by Gasteiger charge is -2.10. The van der Waals surface area contributed by atoms with Gasteiger partial charge in [0.2, 0.25) is 0 Å². The molecule has 1 aromatic carbocycles. The Hall–Kier alpha value is -2.31. The van der Waals surface area contributed by atoms with E-state index in [1.807, 2.05) is 0 Å². The molecule has 1 aromatic rings. The summed E-state index contributed by atoms with van der Waals surface area (Å²) in [6, 6.07) is 9.30. The van der Waals surface area contributed by atoms with Gasteiger partial charge in [-0.15, -0.1) is 0 Å². The highest BCUT2D eigenvalue weighted by atomic mass is 16.9. The molecule has 0 bridgehead atoms. The maximum atomic E-state index is 11.5. The standard InChI is InChI=1S/C12H14N3O4/c16-12(11-6-2-1-3-7-11)18-10-19-15(17)13-14-8-4-5-9-14/h1-3,6H,4-5,8-10H2/b15-13-. The van der Waals surface area contributed by atoms with Gasteiger partial charge in [-0.2, -0.15) is 5.01 Å². The number of carbonyl (C=O) groups is 1. The molecule has 2 rings (SSSR count). The average Bonchev–Trinajstić information content (AvgIpc) is 2.92. The van der Waals surface area contributed by atoms with Crippen LogP contribution in [0.3, 0.4) is 0 Å². The Bertz CT molecular complexity index is 444. The van der Waals surface area contributed by atoms with Crippen molar-refractivity contribution in [3.63, 3.8) is 0 Å². The van der Waals surface area contributed by atoms with Crippen LogP contribution in [0.15, 0.2) is 29.5 Å². The monoisotopic (exact) mass is 264 g/mol. The molecule has 7 nitrogen and oxygen atoms in total. The van der Waals surface area contributed by atoms with Gasteiger partial charge in [-0.05, 0) is 25.0 Å². The van der Waals surface area contributed by atoms with Gasteiger partial charge in [-0.3, -0.25) is 0 Å². The first-order valence-electron chi connectivity index (χ1n) is 5.96. The summed E-state index contributed by atoms with van der Waals surface area (Å²) in [4.78, 5) is 16.1. The maximum Gasteiger partial charge on any atom is 0.339 e. The minimum Gasteiger partial charge on any atom is -0.447 e. The van der Waals surface area contributed by atoms with Crippen molar-refractivity contribution in [3.8, 4) is 0 Å². The van der Waals surface area contributed by atoms with Crippen LogP contribution < -0.4 is 0 Å². The van der Waals surface area contributed by atoms with Gasteiger partial charge in [-0.1, -0.05) is 18.2 Å². The van der Waals surface area contributed by atoms with E-state index in [2.05, 4.69) is 16.1 Å². The molecule has 0 N–H and O–H groups in total. The highest BCUT2D eigenvalue weighted by Crippen LogP contribution is 2.07. The van der Waals surface area contributed by atoms with E-state index in [9.17, 15) is 10.0 Å². The number of rotatable bonds is 5. The van der Waals surface area contributed by atoms with E-state index in [0.717, 1.165) is 25.9 Å². The minimum absolute atomic E-state index is 0.0628. The van der Waals surface area contributed by atoms with E-state index < -0.39 is 12.8 Å². The van der Waals surface area contributed by atoms with E-state index in [0.29, 0.717) is 0 Å². The van der Waals surface area contributed by atoms with Crippen molar-refractivity contribution in [3.05, 3.63) is 41.1 Å². The SMILES string of the molecule is O=C(OCO/[N+]([O-])=N\N1CCCC1)c1[c]cccc1. The second kappa shape index (κ2) is 6.58. The number of hydrogen-bond acceptors (Lipinski definition) is 5. The van der Waals surface area contributed by atoms with E-state index >= 15 is 0 Å². The second-order valence-electron chi connectivity index (χ2n) is 3.94. The molecule has 7 heteroatoms. The molecule has 0 aliphatic carbocycles. The van der Waals surface area contributed by atoms with Gasteiger partial charge in [0.05, 0.1) is 10.6 Å². The van der Waals surface area contributed by atoms with E-state index in [-0.39, 0.29) is 10.6 Å². The zero-order valence-electron chi connectivity index (χ0n) is 10.3. The normalized spacial score (nSPS) is 15.4. The maximum absolute atomic E-state index is 11.5. The predicted octanol–water partition coefficient (Wildman–Crippen LogP) is 1.51. The lowest BCUT2D eigenvalue weighted by atomic mass is 10.2. The first-order valence-corrected chi connectivity index (χ1v) is 5.96. The van der Waals surface area contributed by atoms with Crippen LogP contribution in [0.4, 0.5) is 0 Å². The molecule has 1 heterocycles. The number of nitrogens with zero attached hydrogens (tertiary/aromatic N) is 3. The fourth-order valence-corrected chi connectivity index (χ4v) is 1.64. The van der Waals surface area contributed by atoms with Gasteiger partial charge in [0.25, 0.3) is 0 Å². The molecule has 1 aliphatic rings. The Labute approximate surface area is 110 Å². The smallest absolute Gasteiger partial charge is 0.339 e. The van der Waals surface area contributed by atoms with Crippen LogP contribution in [0.5, 0.6) is 0 Å². The first kappa shape index (κ1) is 13.1. The molecule has 0 unspecified atom stereocenters. The number of ether oxygens (including phenoxy) is 1. The Kier molecular flexibility index (Phi) is 4.54. The van der Waals surface area contributed by atoms with Crippen molar-refractivity contribution >= 4 is 5.97 Å². The molecule has 1 fully saturated rings. The van der Waals surface area contributed by atoms with E-state index in [1.54, 1.807) is 29.3 Å². The van der Waals surface area contributed by atoms with Crippen molar-refractivity contribution < 1.29 is 19.4 Å². The summed E-state index contributed by atoms with van der Waals surface area (Å²) in [5, 5.41) is 16.5. The number of esters is 1. The first-order chi connectivity index (χ1) is 9.25. The van der Waals surface area contributed by atoms with Crippen molar-refractivity contribution in [2.45, 2.75) is 12.8 Å². The molecule has 1 aliphatic heterocycles. The third-order valence-electron chi connectivity index (χ3n) is 2.56. The predicted molar refractivity (Wildman–Crippen MR) is 63.5 cm³/mol. The second-order valence-corrected chi connectivity index (χ2v) is 3.94. The van der Waals surface area contributed by atoms with Crippen LogP contribution in [0, 0.1) is 11.3 Å². The molecule has 0 aromatic heterocycles. The highest BCUT2D eigenvalue weighted by molar-refractivity contribution is 5.88. The Balaban J connectivity index is 1.72. The van der Waals surface area contributed by atoms with E-state index in [1.165, 1.54) is 0 Å². The third kappa shape index (κ3) is 4.13. The fraction of sp³-hybridized carbons (Fsp3) is 0.417. The van der Waals surface area contributed by atoms with Gasteiger partial charge in [0.1, 0.15) is 18.3 Å². The molecule has 0 atom stereocenters. The van der Waals surface area contributed by atoms with Crippen LogP contribution >= 0.6 is 0 Å². The fourth-order valence-electron chi connectivity index (χ4n) is 1.64. The Morgan fingerprint density at radius 2 is 2.26 bits per heavy atom. The van der Waals surface area contributed by atoms with Crippen LogP contribution in [0.25, 0.3) is 0 Å². The molecule has 1 radical (unpaired) electrons. The summed E-state index contributed by atoms with van der Waals surface area (Å²) < 4.78 is 4.75. The Morgan fingerprint density at radius 1 is 1.47 bits per heavy atom. The molecule has 19 heavy (non-hydrogen) atoms. The van der Waals surface area contributed by atoms with Gasteiger partial charge < -0.3 is 14.8 Å². The zero-order valence-corrected chi connectivity index (χ0v) is 10.3. The van der Waals surface area contributed by atoms with Gasteiger partial charge in [-0.25, -0.2) is 4.79 Å². The molecular formula is C12H14N3O4. The minimum atomic E-state index is -0.602. The highest BCUT2D eigenvalue weighted by Gasteiger charge is 2.16. The summed E-state index contributed by atoms with van der Waals surface area (Å²) in [7, 11) is 0. The molecular weight excluding hydrogens is 250 g/mol. The number of benzene rings is 1. The largest absolute Gasteiger partial charge is 0.447 e. The van der Waals surface area contributed by atoms with Crippen LogP contribution in [0.2, 0.25) is 0 Å². The summed E-state index contributed by atoms with van der Waals surface area (Å²) >= 11 is 0. The summed E-state index contributed by atoms with van der Waals surface area (Å²) in [5.74, 6) is -0.602. The van der Waals surface area contributed by atoms with Crippen molar-refractivity contribution in [2.75, 3.05) is 19.9 Å².